The number of benzene rings is 1. The number of hydrogen-bond donors (Lipinski definition) is 2. The average Bonchev–Trinajstić information content (AvgIpc) is 2.03. The molecule has 0 aromatic heterocycles. The fourth-order valence-electron chi connectivity index (χ4n) is 1.06. The van der Waals surface area contributed by atoms with Crippen molar-refractivity contribution in [3.8, 4) is 0 Å². The van der Waals surface area contributed by atoms with Crippen molar-refractivity contribution in [1.82, 2.24) is 0 Å². The molecule has 1 aromatic carbocycles. The van der Waals surface area contributed by atoms with E-state index in [-0.39, 0.29) is 6.04 Å². The Labute approximate surface area is 77.5 Å². The van der Waals surface area contributed by atoms with Gasteiger partial charge in [0.25, 0.3) is 0 Å². The van der Waals surface area contributed by atoms with Crippen LogP contribution in [-0.2, 0) is 0 Å². The Hall–Kier alpha value is -0.730. The minimum Gasteiger partial charge on any atom is -0.399 e. The Balaban J connectivity index is 3.01. The third-order valence-electron chi connectivity index (χ3n) is 1.86. The molecule has 0 aliphatic heterocycles. The van der Waals surface area contributed by atoms with E-state index in [4.69, 9.17) is 23.1 Å². The Morgan fingerprint density at radius 2 is 2.17 bits per heavy atom. The van der Waals surface area contributed by atoms with Crippen molar-refractivity contribution >= 4 is 17.3 Å². The van der Waals surface area contributed by atoms with Gasteiger partial charge in [0.1, 0.15) is 0 Å². The van der Waals surface area contributed by atoms with Crippen molar-refractivity contribution in [1.29, 1.82) is 0 Å². The van der Waals surface area contributed by atoms with Crippen molar-refractivity contribution in [2.45, 2.75) is 19.4 Å². The van der Waals surface area contributed by atoms with Crippen LogP contribution in [0.4, 0.5) is 5.69 Å². The minimum atomic E-state index is 0.0121. The second-order valence-corrected chi connectivity index (χ2v) is 3.20. The van der Waals surface area contributed by atoms with Crippen LogP contribution in [0.3, 0.4) is 0 Å². The number of nitrogens with two attached hydrogens (primary N) is 2. The van der Waals surface area contributed by atoms with Gasteiger partial charge in [0.2, 0.25) is 0 Å². The number of nitrogen functional groups attached to an aromatic ring is 1. The Bertz CT molecular complexity index is 273. The van der Waals surface area contributed by atoms with Gasteiger partial charge in [-0.05, 0) is 24.1 Å². The Morgan fingerprint density at radius 1 is 1.50 bits per heavy atom. The molecule has 66 valence electrons. The molecule has 0 unspecified atom stereocenters. The maximum atomic E-state index is 5.94. The summed E-state index contributed by atoms with van der Waals surface area (Å²) in [4.78, 5) is 0. The lowest BCUT2D eigenvalue weighted by Gasteiger charge is -2.11. The van der Waals surface area contributed by atoms with E-state index in [2.05, 4.69) is 0 Å². The monoisotopic (exact) mass is 184 g/mol. The predicted molar refractivity (Wildman–Crippen MR) is 53.1 cm³/mol. The SMILES string of the molecule is CC[C@H](N)c1ccc(N)cc1Cl. The smallest absolute Gasteiger partial charge is 0.0474 e. The highest BCUT2D eigenvalue weighted by Crippen LogP contribution is 2.25. The van der Waals surface area contributed by atoms with Gasteiger partial charge in [-0.2, -0.15) is 0 Å². The Morgan fingerprint density at radius 3 is 2.67 bits per heavy atom. The third-order valence-corrected chi connectivity index (χ3v) is 2.19. The number of halogens is 1. The molecule has 0 bridgehead atoms. The van der Waals surface area contributed by atoms with Crippen LogP contribution in [0.1, 0.15) is 24.9 Å². The molecule has 1 rings (SSSR count). The summed E-state index contributed by atoms with van der Waals surface area (Å²) in [5.41, 5.74) is 13.0. The zero-order valence-corrected chi connectivity index (χ0v) is 7.81. The predicted octanol–water partition coefficient (Wildman–Crippen LogP) is 2.33. The summed E-state index contributed by atoms with van der Waals surface area (Å²) in [5.74, 6) is 0. The van der Waals surface area contributed by atoms with Crippen LogP contribution in [0.25, 0.3) is 0 Å². The third kappa shape index (κ3) is 1.90. The normalized spacial score (nSPS) is 12.9. The maximum absolute atomic E-state index is 5.94. The topological polar surface area (TPSA) is 52.0 Å². The van der Waals surface area contributed by atoms with Crippen molar-refractivity contribution in [2.24, 2.45) is 5.73 Å². The van der Waals surface area contributed by atoms with E-state index in [1.54, 1.807) is 6.07 Å². The molecule has 0 fully saturated rings. The lowest BCUT2D eigenvalue weighted by atomic mass is 10.1. The molecular weight excluding hydrogens is 172 g/mol. The van der Waals surface area contributed by atoms with Gasteiger partial charge in [0, 0.05) is 16.8 Å². The summed E-state index contributed by atoms with van der Waals surface area (Å²) in [7, 11) is 0. The van der Waals surface area contributed by atoms with Gasteiger partial charge in [-0.15, -0.1) is 0 Å². The first-order valence-electron chi connectivity index (χ1n) is 3.95. The van der Waals surface area contributed by atoms with Crippen molar-refractivity contribution in [2.75, 3.05) is 5.73 Å². The van der Waals surface area contributed by atoms with Gasteiger partial charge >= 0.3 is 0 Å². The molecule has 1 aromatic rings. The van der Waals surface area contributed by atoms with Crippen LogP contribution in [0.5, 0.6) is 0 Å². The van der Waals surface area contributed by atoms with Crippen LogP contribution >= 0.6 is 11.6 Å². The largest absolute Gasteiger partial charge is 0.399 e. The van der Waals surface area contributed by atoms with Crippen molar-refractivity contribution < 1.29 is 0 Å². The van der Waals surface area contributed by atoms with E-state index in [0.717, 1.165) is 12.0 Å². The molecule has 0 amide bonds. The molecule has 0 aliphatic rings. The van der Waals surface area contributed by atoms with Crippen LogP contribution in [0.2, 0.25) is 5.02 Å². The molecule has 0 radical (unpaired) electrons. The summed E-state index contributed by atoms with van der Waals surface area (Å²) in [6, 6.07) is 5.44. The first-order valence-corrected chi connectivity index (χ1v) is 4.33. The van der Waals surface area contributed by atoms with Crippen LogP contribution in [0.15, 0.2) is 18.2 Å². The van der Waals surface area contributed by atoms with Gasteiger partial charge in [0.15, 0.2) is 0 Å². The van der Waals surface area contributed by atoms with E-state index < -0.39 is 0 Å². The van der Waals surface area contributed by atoms with Gasteiger partial charge in [-0.1, -0.05) is 24.6 Å². The highest BCUT2D eigenvalue weighted by atomic mass is 35.5. The lowest BCUT2D eigenvalue weighted by molar-refractivity contribution is 0.699. The Kier molecular flexibility index (Phi) is 2.95. The minimum absolute atomic E-state index is 0.0121. The van der Waals surface area contributed by atoms with Gasteiger partial charge < -0.3 is 11.5 Å². The highest BCUT2D eigenvalue weighted by molar-refractivity contribution is 6.31. The van der Waals surface area contributed by atoms with Crippen LogP contribution in [0, 0.1) is 0 Å². The summed E-state index contributed by atoms with van der Waals surface area (Å²) in [5, 5.41) is 0.657. The van der Waals surface area contributed by atoms with E-state index in [0.29, 0.717) is 10.7 Å². The fraction of sp³-hybridized carbons (Fsp3) is 0.333. The molecule has 0 aliphatic carbocycles. The first kappa shape index (κ1) is 9.36. The number of hydrogen-bond acceptors (Lipinski definition) is 2. The number of anilines is 1. The summed E-state index contributed by atoms with van der Waals surface area (Å²) < 4.78 is 0. The second kappa shape index (κ2) is 3.78. The molecule has 2 nitrogen and oxygen atoms in total. The zero-order valence-electron chi connectivity index (χ0n) is 7.05. The van der Waals surface area contributed by atoms with Gasteiger partial charge in [0.05, 0.1) is 0 Å². The van der Waals surface area contributed by atoms with Gasteiger partial charge in [-0.25, -0.2) is 0 Å². The molecule has 0 saturated heterocycles. The standard InChI is InChI=1S/C9H13ClN2/c1-2-9(12)7-4-3-6(11)5-8(7)10/h3-5,9H,2,11-12H2,1H3/t9-/m0/s1. The van der Waals surface area contributed by atoms with Crippen LogP contribution < -0.4 is 11.5 Å². The first-order chi connectivity index (χ1) is 5.65. The molecule has 1 atom stereocenters. The summed E-state index contributed by atoms with van der Waals surface area (Å²) >= 11 is 5.94. The van der Waals surface area contributed by atoms with Crippen molar-refractivity contribution in [3.63, 3.8) is 0 Å². The molecular formula is C9H13ClN2. The van der Waals surface area contributed by atoms with E-state index in [1.807, 2.05) is 19.1 Å². The molecule has 0 spiro atoms. The van der Waals surface area contributed by atoms with E-state index in [1.165, 1.54) is 0 Å². The van der Waals surface area contributed by atoms with E-state index in [9.17, 15) is 0 Å². The highest BCUT2D eigenvalue weighted by Gasteiger charge is 2.07. The average molecular weight is 185 g/mol. The number of rotatable bonds is 2. The van der Waals surface area contributed by atoms with Crippen LogP contribution in [-0.4, -0.2) is 0 Å². The lowest BCUT2D eigenvalue weighted by Crippen LogP contribution is -2.09. The van der Waals surface area contributed by atoms with Gasteiger partial charge in [-0.3, -0.25) is 0 Å². The molecule has 0 heterocycles. The summed E-state index contributed by atoms with van der Waals surface area (Å²) in [6.45, 7) is 2.03. The van der Waals surface area contributed by atoms with Crippen molar-refractivity contribution in [3.05, 3.63) is 28.8 Å². The fourth-order valence-corrected chi connectivity index (χ4v) is 1.39. The molecule has 3 heteroatoms. The maximum Gasteiger partial charge on any atom is 0.0474 e. The quantitative estimate of drug-likeness (QED) is 0.694. The molecule has 4 N–H and O–H groups in total. The zero-order chi connectivity index (χ0) is 9.14. The molecule has 12 heavy (non-hydrogen) atoms. The second-order valence-electron chi connectivity index (χ2n) is 2.80. The molecule has 0 saturated carbocycles. The summed E-state index contributed by atoms with van der Waals surface area (Å²) in [6.07, 6.45) is 0.879. The van der Waals surface area contributed by atoms with E-state index >= 15 is 0 Å².